The van der Waals surface area contributed by atoms with Crippen LogP contribution in [0.1, 0.15) is 10.4 Å². The van der Waals surface area contributed by atoms with Gasteiger partial charge in [-0.1, -0.05) is 18.2 Å². The van der Waals surface area contributed by atoms with Crippen molar-refractivity contribution in [1.82, 2.24) is 0 Å². The molecule has 0 aliphatic carbocycles. The first-order chi connectivity index (χ1) is 13.2. The lowest BCUT2D eigenvalue weighted by Gasteiger charge is -2.11. The number of benzene rings is 3. The van der Waals surface area contributed by atoms with Crippen LogP contribution in [0.15, 0.2) is 65.6 Å². The number of aromatic hydroxyl groups is 2. The Bertz CT molecular complexity index is 1180. The largest absolute Gasteiger partial charge is 0.507 e. The zero-order valence-electron chi connectivity index (χ0n) is 14.1. The summed E-state index contributed by atoms with van der Waals surface area (Å²) in [5.41, 5.74) is 0.393. The van der Waals surface area contributed by atoms with Crippen LogP contribution in [-0.4, -0.2) is 29.7 Å². The number of anilines is 1. The number of nitrogens with one attached hydrogen (secondary N) is 1. The Morgan fingerprint density at radius 3 is 2.25 bits per heavy atom. The minimum Gasteiger partial charge on any atom is -0.507 e. The van der Waals surface area contributed by atoms with Crippen molar-refractivity contribution >= 4 is 21.7 Å². The van der Waals surface area contributed by atoms with Gasteiger partial charge < -0.3 is 15.3 Å². The van der Waals surface area contributed by atoms with Gasteiger partial charge in [-0.3, -0.25) is 4.72 Å². The van der Waals surface area contributed by atoms with E-state index < -0.39 is 33.3 Å². The maximum atomic E-state index is 13.6. The predicted molar refractivity (Wildman–Crippen MR) is 99.4 cm³/mol. The lowest BCUT2D eigenvalue weighted by atomic mass is 10.1. The first-order valence-electron chi connectivity index (χ1n) is 7.85. The molecule has 7 nitrogen and oxygen atoms in total. The molecule has 3 aromatic rings. The Balaban J connectivity index is 1.93. The molecule has 28 heavy (non-hydrogen) atoms. The summed E-state index contributed by atoms with van der Waals surface area (Å²) >= 11 is 0. The van der Waals surface area contributed by atoms with Gasteiger partial charge in [0, 0.05) is 6.07 Å². The molecule has 0 bridgehead atoms. The van der Waals surface area contributed by atoms with Crippen LogP contribution in [0.2, 0.25) is 0 Å². The molecule has 0 fully saturated rings. The third-order valence-electron chi connectivity index (χ3n) is 3.91. The van der Waals surface area contributed by atoms with Crippen LogP contribution in [-0.2, 0) is 10.0 Å². The monoisotopic (exact) mass is 403 g/mol. The maximum Gasteiger partial charge on any atom is 0.339 e. The normalized spacial score (nSPS) is 11.2. The molecule has 0 radical (unpaired) electrons. The quantitative estimate of drug-likeness (QED) is 0.518. The minimum absolute atomic E-state index is 0.0245. The topological polar surface area (TPSA) is 124 Å². The molecule has 0 aliphatic rings. The van der Waals surface area contributed by atoms with Gasteiger partial charge in [-0.25, -0.2) is 17.6 Å². The number of phenols is 2. The third kappa shape index (κ3) is 3.89. The summed E-state index contributed by atoms with van der Waals surface area (Å²) in [7, 11) is -4.06. The van der Waals surface area contributed by atoms with Gasteiger partial charge >= 0.3 is 5.97 Å². The van der Waals surface area contributed by atoms with Gasteiger partial charge in [-0.15, -0.1) is 0 Å². The summed E-state index contributed by atoms with van der Waals surface area (Å²) in [4.78, 5) is 10.8. The third-order valence-corrected chi connectivity index (χ3v) is 5.28. The van der Waals surface area contributed by atoms with E-state index >= 15 is 0 Å². The standard InChI is InChI=1S/C19H14FNO6S/c20-16-9-12(4-7-17(16)22)11-2-1-3-14(8-11)28(26,27)21-13-5-6-15(19(24)25)18(23)10-13/h1-10,21-23H,(H,24,25). The number of sulfonamides is 1. The molecule has 0 unspecified atom stereocenters. The number of carboxylic acids is 1. The van der Waals surface area contributed by atoms with Crippen molar-refractivity contribution < 1.29 is 32.9 Å². The Morgan fingerprint density at radius 2 is 1.61 bits per heavy atom. The van der Waals surface area contributed by atoms with Crippen LogP contribution in [0.5, 0.6) is 11.5 Å². The smallest absolute Gasteiger partial charge is 0.339 e. The summed E-state index contributed by atoms with van der Waals surface area (Å²) in [5.74, 6) is -3.28. The van der Waals surface area contributed by atoms with Crippen molar-refractivity contribution in [3.63, 3.8) is 0 Å². The number of rotatable bonds is 5. The highest BCUT2D eigenvalue weighted by molar-refractivity contribution is 7.92. The molecular weight excluding hydrogens is 389 g/mol. The highest BCUT2D eigenvalue weighted by atomic mass is 32.2. The Labute approximate surface area is 159 Å². The van der Waals surface area contributed by atoms with Gasteiger partial charge in [0.25, 0.3) is 10.0 Å². The second-order valence-electron chi connectivity index (χ2n) is 5.84. The Hall–Kier alpha value is -3.59. The molecule has 0 aromatic heterocycles. The second-order valence-corrected chi connectivity index (χ2v) is 7.52. The van der Waals surface area contributed by atoms with Crippen molar-refractivity contribution in [2.24, 2.45) is 0 Å². The SMILES string of the molecule is O=C(O)c1ccc(NS(=O)(=O)c2cccc(-c3ccc(O)c(F)c3)c2)cc1O. The van der Waals surface area contributed by atoms with E-state index in [1.807, 2.05) is 0 Å². The van der Waals surface area contributed by atoms with Gasteiger partial charge in [-0.2, -0.15) is 0 Å². The van der Waals surface area contributed by atoms with Crippen molar-refractivity contribution in [3.05, 3.63) is 72.0 Å². The molecule has 3 rings (SSSR count). The zero-order valence-corrected chi connectivity index (χ0v) is 14.9. The molecule has 3 aromatic carbocycles. The van der Waals surface area contributed by atoms with E-state index in [9.17, 15) is 27.8 Å². The Morgan fingerprint density at radius 1 is 0.893 bits per heavy atom. The van der Waals surface area contributed by atoms with Gasteiger partial charge in [0.15, 0.2) is 11.6 Å². The molecule has 0 heterocycles. The molecule has 0 spiro atoms. The zero-order chi connectivity index (χ0) is 20.5. The van der Waals surface area contributed by atoms with Crippen LogP contribution in [0.25, 0.3) is 11.1 Å². The van der Waals surface area contributed by atoms with Gasteiger partial charge in [0.1, 0.15) is 11.3 Å². The first kappa shape index (κ1) is 19.2. The van der Waals surface area contributed by atoms with Crippen molar-refractivity contribution in [1.29, 1.82) is 0 Å². The summed E-state index contributed by atoms with van der Waals surface area (Å²) in [5, 5.41) is 27.9. The Kier molecular flexibility index (Phi) is 4.93. The average Bonchev–Trinajstić information content (AvgIpc) is 2.63. The number of hydrogen-bond donors (Lipinski definition) is 4. The second kappa shape index (κ2) is 7.20. The number of carboxylic acid groups (broad SMARTS) is 1. The fourth-order valence-corrected chi connectivity index (χ4v) is 3.61. The van der Waals surface area contributed by atoms with Crippen LogP contribution in [0, 0.1) is 5.82 Å². The average molecular weight is 403 g/mol. The van der Waals surface area contributed by atoms with Crippen LogP contribution in [0.3, 0.4) is 0 Å². The van der Waals surface area contributed by atoms with E-state index in [2.05, 4.69) is 4.72 Å². The molecular formula is C19H14FNO6S. The maximum absolute atomic E-state index is 13.6. The lowest BCUT2D eigenvalue weighted by molar-refractivity contribution is 0.0693. The fraction of sp³-hybridized carbons (Fsp3) is 0. The molecule has 0 saturated carbocycles. The van der Waals surface area contributed by atoms with Crippen molar-refractivity contribution in [2.75, 3.05) is 4.72 Å². The minimum atomic E-state index is -4.06. The lowest BCUT2D eigenvalue weighted by Crippen LogP contribution is -2.13. The predicted octanol–water partition coefficient (Wildman–Crippen LogP) is 3.40. The van der Waals surface area contributed by atoms with E-state index in [4.69, 9.17) is 5.11 Å². The molecule has 0 atom stereocenters. The molecule has 9 heteroatoms. The van der Waals surface area contributed by atoms with Gasteiger partial charge in [0.2, 0.25) is 0 Å². The van der Waals surface area contributed by atoms with E-state index in [1.165, 1.54) is 30.3 Å². The van der Waals surface area contributed by atoms with E-state index in [0.717, 1.165) is 24.3 Å². The van der Waals surface area contributed by atoms with Crippen molar-refractivity contribution in [2.45, 2.75) is 4.90 Å². The summed E-state index contributed by atoms with van der Waals surface area (Å²) in [6.45, 7) is 0. The summed E-state index contributed by atoms with van der Waals surface area (Å²) < 4.78 is 41.0. The van der Waals surface area contributed by atoms with Gasteiger partial charge in [0.05, 0.1) is 10.6 Å². The van der Waals surface area contributed by atoms with E-state index in [1.54, 1.807) is 6.07 Å². The first-order valence-corrected chi connectivity index (χ1v) is 9.34. The highest BCUT2D eigenvalue weighted by Crippen LogP contribution is 2.28. The number of carbonyl (C=O) groups is 1. The van der Waals surface area contributed by atoms with Crippen molar-refractivity contribution in [3.8, 4) is 22.6 Å². The molecule has 0 saturated heterocycles. The summed E-state index contributed by atoms with van der Waals surface area (Å²) in [6.07, 6.45) is 0. The number of phenolic OH excluding ortho intramolecular Hbond substituents is 1. The van der Waals surface area contributed by atoms with Gasteiger partial charge in [-0.05, 0) is 47.5 Å². The highest BCUT2D eigenvalue weighted by Gasteiger charge is 2.17. The van der Waals surface area contributed by atoms with Crippen LogP contribution in [0.4, 0.5) is 10.1 Å². The molecule has 4 N–H and O–H groups in total. The summed E-state index contributed by atoms with van der Waals surface area (Å²) in [6, 6.07) is 12.7. The number of halogens is 1. The van der Waals surface area contributed by atoms with E-state index in [0.29, 0.717) is 11.1 Å². The van der Waals surface area contributed by atoms with E-state index in [-0.39, 0.29) is 16.1 Å². The number of hydrogen-bond acceptors (Lipinski definition) is 5. The molecule has 144 valence electrons. The molecule has 0 amide bonds. The van der Waals surface area contributed by atoms with Crippen LogP contribution >= 0.6 is 0 Å². The number of aromatic carboxylic acids is 1. The van der Waals surface area contributed by atoms with Crippen LogP contribution < -0.4 is 4.72 Å². The molecule has 0 aliphatic heterocycles. The fourth-order valence-electron chi connectivity index (χ4n) is 2.52.